The molecule has 0 aromatic heterocycles. The van der Waals surface area contributed by atoms with Crippen LogP contribution in [0.5, 0.6) is 5.75 Å². The van der Waals surface area contributed by atoms with Crippen LogP contribution in [0.3, 0.4) is 0 Å². The van der Waals surface area contributed by atoms with E-state index in [4.69, 9.17) is 16.3 Å². The highest BCUT2D eigenvalue weighted by atomic mass is 35.5. The van der Waals surface area contributed by atoms with E-state index >= 15 is 0 Å². The van der Waals surface area contributed by atoms with Gasteiger partial charge in [0.15, 0.2) is 0 Å². The monoisotopic (exact) mass is 297 g/mol. The van der Waals surface area contributed by atoms with Crippen molar-refractivity contribution in [2.75, 3.05) is 12.3 Å². The first-order valence-corrected chi connectivity index (χ1v) is 8.38. The summed E-state index contributed by atoms with van der Waals surface area (Å²) in [5.74, 6) is 2.11. The quantitative estimate of drug-likeness (QED) is 0.890. The molecule has 0 bridgehead atoms. The van der Waals surface area contributed by atoms with Crippen molar-refractivity contribution in [3.8, 4) is 5.75 Å². The van der Waals surface area contributed by atoms with Crippen molar-refractivity contribution in [3.63, 3.8) is 0 Å². The molecule has 3 atom stereocenters. The zero-order valence-electron chi connectivity index (χ0n) is 11.4. The molecule has 0 amide bonds. The van der Waals surface area contributed by atoms with Gasteiger partial charge >= 0.3 is 0 Å². The zero-order valence-corrected chi connectivity index (χ0v) is 13.0. The molecule has 2 nitrogen and oxygen atoms in total. The summed E-state index contributed by atoms with van der Waals surface area (Å²) in [6.45, 7) is 5.41. The second kappa shape index (κ2) is 5.19. The molecule has 0 radical (unpaired) electrons. The van der Waals surface area contributed by atoms with Gasteiger partial charge in [0.1, 0.15) is 11.4 Å². The molecule has 1 saturated heterocycles. The molecule has 1 fully saturated rings. The third-order valence-corrected chi connectivity index (χ3v) is 5.65. The lowest BCUT2D eigenvalue weighted by Crippen LogP contribution is -2.44. The molecule has 2 aliphatic rings. The van der Waals surface area contributed by atoms with Crippen LogP contribution in [0.2, 0.25) is 5.02 Å². The lowest BCUT2D eigenvalue weighted by molar-refractivity contribution is 0.0516. The maximum Gasteiger partial charge on any atom is 0.125 e. The van der Waals surface area contributed by atoms with E-state index in [1.165, 1.54) is 5.56 Å². The first kappa shape index (κ1) is 13.6. The van der Waals surface area contributed by atoms with Crippen molar-refractivity contribution in [3.05, 3.63) is 28.8 Å². The van der Waals surface area contributed by atoms with Gasteiger partial charge in [-0.1, -0.05) is 25.4 Å². The van der Waals surface area contributed by atoms with Crippen LogP contribution in [0.1, 0.15) is 38.3 Å². The first-order valence-electron chi connectivity index (χ1n) is 6.95. The van der Waals surface area contributed by atoms with Crippen LogP contribution in [0, 0.1) is 0 Å². The molecule has 1 aromatic rings. The Kier molecular flexibility index (Phi) is 3.71. The number of fused-ring (bicyclic) bond motifs is 1. The van der Waals surface area contributed by atoms with Gasteiger partial charge in [0.2, 0.25) is 0 Å². The highest BCUT2D eigenvalue weighted by molar-refractivity contribution is 8.00. The van der Waals surface area contributed by atoms with Crippen molar-refractivity contribution >= 4 is 23.4 Å². The lowest BCUT2D eigenvalue weighted by atomic mass is 9.85. The smallest absolute Gasteiger partial charge is 0.125 e. The highest BCUT2D eigenvalue weighted by Crippen LogP contribution is 2.48. The van der Waals surface area contributed by atoms with Gasteiger partial charge in [0.05, 0.1) is 0 Å². The first-order chi connectivity index (χ1) is 9.12. The number of rotatable bonds is 2. The van der Waals surface area contributed by atoms with E-state index < -0.39 is 0 Å². The number of benzene rings is 1. The average Bonchev–Trinajstić information content (AvgIpc) is 2.72. The lowest BCUT2D eigenvalue weighted by Gasteiger charge is -2.40. The SMILES string of the molecule is CCNC1CC2(CSC(C)C2)Oc2ccc(Cl)cc21. The van der Waals surface area contributed by atoms with Gasteiger partial charge in [-0.2, -0.15) is 11.8 Å². The van der Waals surface area contributed by atoms with Gasteiger partial charge in [-0.05, 0) is 31.2 Å². The maximum atomic E-state index is 6.36. The fraction of sp³-hybridized carbons (Fsp3) is 0.600. The normalized spacial score (nSPS) is 33.2. The Hall–Kier alpha value is -0.380. The van der Waals surface area contributed by atoms with Gasteiger partial charge < -0.3 is 10.1 Å². The van der Waals surface area contributed by atoms with Crippen LogP contribution in [-0.2, 0) is 0 Å². The molecule has 2 heterocycles. The summed E-state index contributed by atoms with van der Waals surface area (Å²) in [6.07, 6.45) is 2.19. The molecule has 1 N–H and O–H groups in total. The molecule has 3 unspecified atom stereocenters. The van der Waals surface area contributed by atoms with Crippen LogP contribution in [0.15, 0.2) is 18.2 Å². The van der Waals surface area contributed by atoms with Crippen molar-refractivity contribution in [1.82, 2.24) is 5.32 Å². The molecule has 2 aliphatic heterocycles. The van der Waals surface area contributed by atoms with Crippen molar-refractivity contribution < 1.29 is 4.74 Å². The number of thioether (sulfide) groups is 1. The third-order valence-electron chi connectivity index (χ3n) is 3.99. The fourth-order valence-corrected chi connectivity index (χ4v) is 4.70. The molecular weight excluding hydrogens is 278 g/mol. The van der Waals surface area contributed by atoms with Gasteiger partial charge in [0.25, 0.3) is 0 Å². The predicted molar refractivity (Wildman–Crippen MR) is 82.4 cm³/mol. The molecule has 3 rings (SSSR count). The summed E-state index contributed by atoms with van der Waals surface area (Å²) >= 11 is 8.15. The van der Waals surface area contributed by atoms with Crippen LogP contribution in [0.25, 0.3) is 0 Å². The van der Waals surface area contributed by atoms with Crippen LogP contribution >= 0.6 is 23.4 Å². The van der Waals surface area contributed by atoms with Gasteiger partial charge in [-0.3, -0.25) is 0 Å². The van der Waals surface area contributed by atoms with Crippen LogP contribution in [0.4, 0.5) is 0 Å². The van der Waals surface area contributed by atoms with Crippen molar-refractivity contribution in [1.29, 1.82) is 0 Å². The Morgan fingerprint density at radius 2 is 2.32 bits per heavy atom. The summed E-state index contributed by atoms with van der Waals surface area (Å²) in [5, 5.41) is 5.06. The van der Waals surface area contributed by atoms with Gasteiger partial charge in [-0.25, -0.2) is 0 Å². The van der Waals surface area contributed by atoms with Crippen LogP contribution in [-0.4, -0.2) is 23.1 Å². The summed E-state index contributed by atoms with van der Waals surface area (Å²) in [7, 11) is 0. The molecular formula is C15H20ClNOS. The standard InChI is InChI=1S/C15H20ClNOS/c1-3-17-13-8-15(7-10(2)19-9-15)18-14-5-4-11(16)6-12(13)14/h4-6,10,13,17H,3,7-9H2,1-2H3. The second-order valence-electron chi connectivity index (χ2n) is 5.61. The van der Waals surface area contributed by atoms with Crippen molar-refractivity contribution in [2.24, 2.45) is 0 Å². The molecule has 19 heavy (non-hydrogen) atoms. The molecule has 1 aromatic carbocycles. The minimum absolute atomic E-state index is 0.0117. The Morgan fingerprint density at radius 3 is 3.00 bits per heavy atom. The fourth-order valence-electron chi connectivity index (χ4n) is 3.22. The molecule has 104 valence electrons. The Morgan fingerprint density at radius 1 is 1.47 bits per heavy atom. The van der Waals surface area contributed by atoms with E-state index in [0.29, 0.717) is 11.3 Å². The largest absolute Gasteiger partial charge is 0.486 e. The topological polar surface area (TPSA) is 21.3 Å². The Bertz CT molecular complexity index is 481. The number of nitrogens with one attached hydrogen (secondary N) is 1. The minimum Gasteiger partial charge on any atom is -0.486 e. The Labute approximate surface area is 124 Å². The van der Waals surface area contributed by atoms with Gasteiger partial charge in [-0.15, -0.1) is 0 Å². The number of halogens is 1. The average molecular weight is 298 g/mol. The molecule has 1 spiro atoms. The number of ether oxygens (including phenoxy) is 1. The summed E-state index contributed by atoms with van der Waals surface area (Å²) in [4.78, 5) is 0. The molecule has 0 saturated carbocycles. The van der Waals surface area contributed by atoms with Crippen molar-refractivity contribution in [2.45, 2.75) is 43.6 Å². The number of hydrogen-bond acceptors (Lipinski definition) is 3. The highest BCUT2D eigenvalue weighted by Gasteiger charge is 2.45. The van der Waals surface area contributed by atoms with E-state index in [1.807, 2.05) is 30.0 Å². The van der Waals surface area contributed by atoms with Crippen LogP contribution < -0.4 is 10.1 Å². The summed E-state index contributed by atoms with van der Waals surface area (Å²) in [5.41, 5.74) is 1.22. The van der Waals surface area contributed by atoms with E-state index in [9.17, 15) is 0 Å². The number of hydrogen-bond donors (Lipinski definition) is 1. The van der Waals surface area contributed by atoms with E-state index in [0.717, 1.165) is 35.9 Å². The zero-order chi connectivity index (χ0) is 13.5. The Balaban J connectivity index is 1.95. The summed E-state index contributed by atoms with van der Waals surface area (Å²) < 4.78 is 6.36. The third kappa shape index (κ3) is 2.61. The maximum absolute atomic E-state index is 6.36. The van der Waals surface area contributed by atoms with Gasteiger partial charge in [0, 0.05) is 34.1 Å². The molecule has 0 aliphatic carbocycles. The van der Waals surface area contributed by atoms with E-state index in [-0.39, 0.29) is 5.60 Å². The minimum atomic E-state index is 0.0117. The van der Waals surface area contributed by atoms with E-state index in [1.54, 1.807) is 0 Å². The second-order valence-corrected chi connectivity index (χ2v) is 7.47. The molecule has 4 heteroatoms. The summed E-state index contributed by atoms with van der Waals surface area (Å²) in [6, 6.07) is 6.35. The van der Waals surface area contributed by atoms with E-state index in [2.05, 4.69) is 19.2 Å². The predicted octanol–water partition coefficient (Wildman–Crippen LogP) is 4.04.